The molecule has 0 spiro atoms. The molecule has 0 aromatic carbocycles. The lowest BCUT2D eigenvalue weighted by molar-refractivity contribution is -0.124. The molecule has 0 radical (unpaired) electrons. The highest BCUT2D eigenvalue weighted by Gasteiger charge is 2.49. The summed E-state index contributed by atoms with van der Waals surface area (Å²) in [7, 11) is 0. The van der Waals surface area contributed by atoms with E-state index in [9.17, 15) is 4.79 Å². The fourth-order valence-corrected chi connectivity index (χ4v) is 4.64. The van der Waals surface area contributed by atoms with Crippen LogP contribution in [0.2, 0.25) is 0 Å². The van der Waals surface area contributed by atoms with E-state index in [2.05, 4.69) is 29.4 Å². The third kappa shape index (κ3) is 3.26. The fourth-order valence-electron chi connectivity index (χ4n) is 4.64. The van der Waals surface area contributed by atoms with Crippen LogP contribution in [0, 0.1) is 11.8 Å². The second-order valence-electron chi connectivity index (χ2n) is 7.82. The first-order valence-corrected chi connectivity index (χ1v) is 8.82. The van der Waals surface area contributed by atoms with E-state index in [4.69, 9.17) is 0 Å². The summed E-state index contributed by atoms with van der Waals surface area (Å²) in [6.07, 6.45) is 7.56. The number of nitrogens with zero attached hydrogens (tertiary/aromatic N) is 1. The average molecular weight is 293 g/mol. The van der Waals surface area contributed by atoms with Gasteiger partial charge in [-0.2, -0.15) is 0 Å². The molecule has 1 saturated carbocycles. The molecule has 2 N–H and O–H groups in total. The number of hydrogen-bond acceptors (Lipinski definition) is 3. The van der Waals surface area contributed by atoms with Crippen LogP contribution in [0.15, 0.2) is 0 Å². The molecule has 4 heteroatoms. The number of amides is 1. The molecule has 2 saturated heterocycles. The first-order valence-electron chi connectivity index (χ1n) is 8.82. The van der Waals surface area contributed by atoms with E-state index >= 15 is 0 Å². The number of carbonyl (C=O) groups excluding carboxylic acids is 1. The Morgan fingerprint density at radius 1 is 1.19 bits per heavy atom. The molecule has 3 rings (SSSR count). The van der Waals surface area contributed by atoms with Gasteiger partial charge in [0, 0.05) is 24.7 Å². The Hall–Kier alpha value is -0.610. The number of nitrogens with one attached hydrogen (secondary N) is 2. The van der Waals surface area contributed by atoms with Crippen LogP contribution in [0.4, 0.5) is 0 Å². The van der Waals surface area contributed by atoms with E-state index in [1.807, 2.05) is 0 Å². The maximum Gasteiger partial charge on any atom is 0.234 e. The molecule has 3 aliphatic rings. The molecule has 4 nitrogen and oxygen atoms in total. The van der Waals surface area contributed by atoms with Gasteiger partial charge in [0.1, 0.15) is 0 Å². The van der Waals surface area contributed by atoms with Gasteiger partial charge in [-0.15, -0.1) is 0 Å². The summed E-state index contributed by atoms with van der Waals surface area (Å²) in [6, 6.07) is 0.423. The Kier molecular flexibility index (Phi) is 4.55. The Bertz CT molecular complexity index is 374. The van der Waals surface area contributed by atoms with E-state index in [-0.39, 0.29) is 11.4 Å². The topological polar surface area (TPSA) is 44.4 Å². The van der Waals surface area contributed by atoms with Gasteiger partial charge in [0.05, 0.1) is 6.54 Å². The first-order chi connectivity index (χ1) is 10.1. The quantitative estimate of drug-likeness (QED) is 0.779. The van der Waals surface area contributed by atoms with Crippen LogP contribution in [-0.4, -0.2) is 48.6 Å². The summed E-state index contributed by atoms with van der Waals surface area (Å²) in [5.41, 5.74) is 0.148. The van der Waals surface area contributed by atoms with Crippen LogP contribution < -0.4 is 10.6 Å². The minimum absolute atomic E-state index is 0.148. The largest absolute Gasteiger partial charge is 0.352 e. The Labute approximate surface area is 129 Å². The SMILES string of the molecule is CC1(C)C2CNCC2CN1CC(=O)NC1CCCCCC1. The van der Waals surface area contributed by atoms with Crippen molar-refractivity contribution in [1.29, 1.82) is 0 Å². The van der Waals surface area contributed by atoms with Crippen LogP contribution in [-0.2, 0) is 4.79 Å². The lowest BCUT2D eigenvalue weighted by Gasteiger charge is -2.35. The van der Waals surface area contributed by atoms with Crippen molar-refractivity contribution < 1.29 is 4.79 Å². The van der Waals surface area contributed by atoms with Gasteiger partial charge in [0.2, 0.25) is 5.91 Å². The summed E-state index contributed by atoms with van der Waals surface area (Å²) >= 11 is 0. The summed E-state index contributed by atoms with van der Waals surface area (Å²) in [5, 5.41) is 6.79. The van der Waals surface area contributed by atoms with E-state index in [1.54, 1.807) is 0 Å². The van der Waals surface area contributed by atoms with Crippen LogP contribution in [0.5, 0.6) is 0 Å². The highest BCUT2D eigenvalue weighted by atomic mass is 16.2. The summed E-state index contributed by atoms with van der Waals surface area (Å²) in [6.45, 7) is 8.50. The minimum atomic E-state index is 0.148. The van der Waals surface area contributed by atoms with Crippen LogP contribution in [0.25, 0.3) is 0 Å². The van der Waals surface area contributed by atoms with Crippen molar-refractivity contribution in [2.75, 3.05) is 26.2 Å². The van der Waals surface area contributed by atoms with Crippen molar-refractivity contribution in [1.82, 2.24) is 15.5 Å². The predicted octanol–water partition coefficient (Wildman–Crippen LogP) is 1.76. The monoisotopic (exact) mass is 293 g/mol. The van der Waals surface area contributed by atoms with Gasteiger partial charge < -0.3 is 10.6 Å². The summed E-state index contributed by atoms with van der Waals surface area (Å²) < 4.78 is 0. The Balaban J connectivity index is 1.52. The van der Waals surface area contributed by atoms with E-state index in [0.717, 1.165) is 25.6 Å². The van der Waals surface area contributed by atoms with Gasteiger partial charge in [0.25, 0.3) is 0 Å². The molecule has 0 bridgehead atoms. The number of likely N-dealkylation sites (tertiary alicyclic amines) is 1. The third-order valence-corrected chi connectivity index (χ3v) is 6.07. The normalized spacial score (nSPS) is 33.6. The molecule has 120 valence electrons. The lowest BCUT2D eigenvalue weighted by Crippen LogP contribution is -2.50. The second-order valence-corrected chi connectivity index (χ2v) is 7.82. The second kappa shape index (κ2) is 6.25. The van der Waals surface area contributed by atoms with Crippen molar-refractivity contribution >= 4 is 5.91 Å². The van der Waals surface area contributed by atoms with Crippen LogP contribution in [0.3, 0.4) is 0 Å². The van der Waals surface area contributed by atoms with Gasteiger partial charge in [-0.05, 0) is 45.1 Å². The predicted molar refractivity (Wildman–Crippen MR) is 85.1 cm³/mol. The third-order valence-electron chi connectivity index (χ3n) is 6.07. The molecule has 0 aromatic rings. The molecule has 3 fully saturated rings. The molecule has 21 heavy (non-hydrogen) atoms. The number of hydrogen-bond donors (Lipinski definition) is 2. The molecule has 2 heterocycles. The van der Waals surface area contributed by atoms with Gasteiger partial charge in [-0.1, -0.05) is 25.7 Å². The molecule has 2 unspecified atom stereocenters. The van der Waals surface area contributed by atoms with E-state index < -0.39 is 0 Å². The zero-order valence-electron chi connectivity index (χ0n) is 13.7. The zero-order valence-corrected chi connectivity index (χ0v) is 13.7. The smallest absolute Gasteiger partial charge is 0.234 e. The zero-order chi connectivity index (χ0) is 14.9. The average Bonchev–Trinajstić information content (AvgIpc) is 2.86. The Morgan fingerprint density at radius 3 is 2.57 bits per heavy atom. The first kappa shape index (κ1) is 15.3. The molecular weight excluding hydrogens is 262 g/mol. The van der Waals surface area contributed by atoms with Crippen molar-refractivity contribution in [3.05, 3.63) is 0 Å². The van der Waals surface area contributed by atoms with E-state index in [1.165, 1.54) is 38.5 Å². The van der Waals surface area contributed by atoms with E-state index in [0.29, 0.717) is 18.5 Å². The summed E-state index contributed by atoms with van der Waals surface area (Å²) in [5.74, 6) is 1.66. The van der Waals surface area contributed by atoms with Crippen molar-refractivity contribution in [2.45, 2.75) is 64.0 Å². The Morgan fingerprint density at radius 2 is 1.90 bits per heavy atom. The van der Waals surface area contributed by atoms with Crippen molar-refractivity contribution in [3.63, 3.8) is 0 Å². The number of fused-ring (bicyclic) bond motifs is 1. The highest BCUT2D eigenvalue weighted by molar-refractivity contribution is 5.78. The van der Waals surface area contributed by atoms with Crippen LogP contribution in [0.1, 0.15) is 52.4 Å². The van der Waals surface area contributed by atoms with Crippen LogP contribution >= 0.6 is 0 Å². The number of rotatable bonds is 3. The van der Waals surface area contributed by atoms with Gasteiger partial charge >= 0.3 is 0 Å². The fraction of sp³-hybridized carbons (Fsp3) is 0.941. The molecule has 0 aromatic heterocycles. The maximum absolute atomic E-state index is 12.4. The molecule has 2 aliphatic heterocycles. The number of carbonyl (C=O) groups is 1. The van der Waals surface area contributed by atoms with Crippen molar-refractivity contribution in [3.8, 4) is 0 Å². The summed E-state index contributed by atoms with van der Waals surface area (Å²) in [4.78, 5) is 14.8. The minimum Gasteiger partial charge on any atom is -0.352 e. The van der Waals surface area contributed by atoms with Gasteiger partial charge in [-0.25, -0.2) is 0 Å². The maximum atomic E-state index is 12.4. The molecule has 1 aliphatic carbocycles. The lowest BCUT2D eigenvalue weighted by atomic mass is 9.85. The standard InChI is InChI=1S/C17H31N3O/c1-17(2)15-10-18-9-13(15)11-20(17)12-16(21)19-14-7-5-3-4-6-8-14/h13-15,18H,3-12H2,1-2H3,(H,19,21). The molecular formula is C17H31N3O. The van der Waals surface area contributed by atoms with Crippen molar-refractivity contribution in [2.24, 2.45) is 11.8 Å². The van der Waals surface area contributed by atoms with Gasteiger partial charge in [0.15, 0.2) is 0 Å². The molecule has 2 atom stereocenters. The molecule has 1 amide bonds. The van der Waals surface area contributed by atoms with Gasteiger partial charge in [-0.3, -0.25) is 9.69 Å². The highest BCUT2D eigenvalue weighted by Crippen LogP contribution is 2.40.